The number of hydrazone groups is 1. The van der Waals surface area contributed by atoms with Crippen LogP contribution in [0.25, 0.3) is 0 Å². The molecule has 3 aliphatic heterocycles. The molecule has 25 heavy (non-hydrogen) atoms. The van der Waals surface area contributed by atoms with Crippen LogP contribution in [0.3, 0.4) is 0 Å². The molecule has 132 valence electrons. The smallest absolute Gasteiger partial charge is 0.276 e. The van der Waals surface area contributed by atoms with Gasteiger partial charge in [-0.15, -0.1) is 5.10 Å². The molecule has 1 aromatic carbocycles. The van der Waals surface area contributed by atoms with E-state index < -0.39 is 6.35 Å². The van der Waals surface area contributed by atoms with E-state index in [2.05, 4.69) is 15.3 Å². The maximum atomic E-state index is 12.9. The van der Waals surface area contributed by atoms with Gasteiger partial charge in [0, 0.05) is 36.5 Å². The molecule has 1 fully saturated rings. The Morgan fingerprint density at radius 2 is 2.00 bits per heavy atom. The van der Waals surface area contributed by atoms with Gasteiger partial charge in [-0.2, -0.15) is 5.01 Å². The number of nitrogens with zero attached hydrogens (tertiary/aromatic N) is 3. The Kier molecular flexibility index (Phi) is 4.42. The Hall–Kier alpha value is -2.38. The number of amides is 1. The van der Waals surface area contributed by atoms with E-state index in [0.29, 0.717) is 12.3 Å². The molecule has 7 heteroatoms. The van der Waals surface area contributed by atoms with Crippen LogP contribution >= 0.6 is 0 Å². The highest BCUT2D eigenvalue weighted by Crippen LogP contribution is 2.25. The molecule has 0 radical (unpaired) electrons. The molecule has 0 bridgehead atoms. The van der Waals surface area contributed by atoms with E-state index in [1.807, 2.05) is 37.3 Å². The van der Waals surface area contributed by atoms with Crippen molar-refractivity contribution in [2.24, 2.45) is 5.10 Å². The Bertz CT molecular complexity index is 710. The Balaban J connectivity index is 1.46. The van der Waals surface area contributed by atoms with Crippen LogP contribution in [0.2, 0.25) is 0 Å². The maximum absolute atomic E-state index is 12.9. The maximum Gasteiger partial charge on any atom is 0.276 e. The van der Waals surface area contributed by atoms with Crippen LogP contribution in [0.15, 0.2) is 46.7 Å². The molecule has 3 aliphatic rings. The van der Waals surface area contributed by atoms with E-state index in [1.54, 1.807) is 0 Å². The van der Waals surface area contributed by atoms with Crippen molar-refractivity contribution in [3.63, 3.8) is 0 Å². The number of hydrogen-bond acceptors (Lipinski definition) is 6. The molecule has 7 nitrogen and oxygen atoms in total. The van der Waals surface area contributed by atoms with Gasteiger partial charge in [-0.3, -0.25) is 9.69 Å². The van der Waals surface area contributed by atoms with Gasteiger partial charge in [0.2, 0.25) is 5.90 Å². The minimum absolute atomic E-state index is 0.0829. The third-order valence-corrected chi connectivity index (χ3v) is 4.71. The first-order chi connectivity index (χ1) is 12.2. The Morgan fingerprint density at radius 3 is 2.76 bits per heavy atom. The van der Waals surface area contributed by atoms with Crippen molar-refractivity contribution < 1.29 is 14.3 Å². The summed E-state index contributed by atoms with van der Waals surface area (Å²) >= 11 is 0. The first-order valence-corrected chi connectivity index (χ1v) is 8.63. The summed E-state index contributed by atoms with van der Waals surface area (Å²) in [7, 11) is 0. The molecule has 0 spiro atoms. The van der Waals surface area contributed by atoms with E-state index in [9.17, 15) is 4.79 Å². The minimum Gasteiger partial charge on any atom is -0.431 e. The summed E-state index contributed by atoms with van der Waals surface area (Å²) in [5.74, 6) is 0.383. The Morgan fingerprint density at radius 1 is 1.24 bits per heavy atom. The third kappa shape index (κ3) is 3.25. The second kappa shape index (κ2) is 6.85. The predicted octanol–water partition coefficient (Wildman–Crippen LogP) is 1.09. The minimum atomic E-state index is -0.560. The lowest BCUT2D eigenvalue weighted by atomic mass is 10.1. The fraction of sp³-hybridized carbons (Fsp3) is 0.444. The molecular formula is C18H22N4O3. The van der Waals surface area contributed by atoms with Gasteiger partial charge in [-0.25, -0.2) is 0 Å². The number of hydrogen-bond donors (Lipinski definition) is 1. The molecule has 1 atom stereocenters. The van der Waals surface area contributed by atoms with E-state index in [1.165, 1.54) is 5.01 Å². The van der Waals surface area contributed by atoms with Crippen LogP contribution in [-0.2, 0) is 14.3 Å². The fourth-order valence-electron chi connectivity index (χ4n) is 3.24. The Labute approximate surface area is 146 Å². The van der Waals surface area contributed by atoms with Gasteiger partial charge in [0.05, 0.1) is 13.2 Å². The second-order valence-electron chi connectivity index (χ2n) is 6.34. The van der Waals surface area contributed by atoms with Crippen LogP contribution in [0.5, 0.6) is 0 Å². The lowest BCUT2D eigenvalue weighted by molar-refractivity contribution is -0.136. The van der Waals surface area contributed by atoms with E-state index in [0.717, 1.165) is 49.7 Å². The number of carbonyl (C=O) groups is 1. The van der Waals surface area contributed by atoms with E-state index in [4.69, 9.17) is 9.47 Å². The van der Waals surface area contributed by atoms with Crippen molar-refractivity contribution in [2.75, 3.05) is 32.8 Å². The highest BCUT2D eigenvalue weighted by atomic mass is 16.6. The zero-order valence-electron chi connectivity index (χ0n) is 14.3. The molecule has 1 aromatic rings. The fourth-order valence-corrected chi connectivity index (χ4v) is 3.24. The van der Waals surface area contributed by atoms with Gasteiger partial charge in [0.1, 0.15) is 0 Å². The third-order valence-electron chi connectivity index (χ3n) is 4.71. The van der Waals surface area contributed by atoms with Crippen LogP contribution < -0.4 is 5.32 Å². The van der Waals surface area contributed by atoms with Gasteiger partial charge in [0.25, 0.3) is 12.3 Å². The van der Waals surface area contributed by atoms with E-state index >= 15 is 0 Å². The van der Waals surface area contributed by atoms with Crippen molar-refractivity contribution >= 4 is 11.8 Å². The van der Waals surface area contributed by atoms with Crippen molar-refractivity contribution in [2.45, 2.75) is 19.7 Å². The molecule has 0 saturated carbocycles. The monoisotopic (exact) mass is 342 g/mol. The summed E-state index contributed by atoms with van der Waals surface area (Å²) in [4.78, 5) is 15.2. The van der Waals surface area contributed by atoms with Crippen LogP contribution in [0.4, 0.5) is 0 Å². The van der Waals surface area contributed by atoms with E-state index in [-0.39, 0.29) is 5.91 Å². The lowest BCUT2D eigenvalue weighted by Crippen LogP contribution is -2.49. The highest BCUT2D eigenvalue weighted by molar-refractivity contribution is 6.00. The summed E-state index contributed by atoms with van der Waals surface area (Å²) in [5, 5.41) is 9.05. The molecule has 1 saturated heterocycles. The zero-order valence-corrected chi connectivity index (χ0v) is 14.3. The number of morpholine rings is 1. The number of benzene rings is 1. The molecule has 1 N–H and O–H groups in total. The summed E-state index contributed by atoms with van der Waals surface area (Å²) in [6.45, 7) is 6.12. The summed E-state index contributed by atoms with van der Waals surface area (Å²) in [5.41, 5.74) is 2.49. The van der Waals surface area contributed by atoms with Crippen molar-refractivity contribution in [3.05, 3.63) is 47.2 Å². The number of fused-ring (bicyclic) bond motifs is 1. The quantitative estimate of drug-likeness (QED) is 0.887. The van der Waals surface area contributed by atoms with Gasteiger partial charge in [0.15, 0.2) is 0 Å². The number of rotatable bonds is 4. The molecule has 0 aromatic heterocycles. The van der Waals surface area contributed by atoms with Gasteiger partial charge >= 0.3 is 0 Å². The molecule has 1 amide bonds. The number of ether oxygens (including phenoxy) is 2. The normalized spacial score (nSPS) is 23.9. The lowest BCUT2D eigenvalue weighted by Gasteiger charge is -2.31. The SMILES string of the molecule is CC1=C(CCN2CCOCC2)C(=O)N2N=C(c3ccccc3)OC2N1. The van der Waals surface area contributed by atoms with Crippen LogP contribution in [0, 0.1) is 0 Å². The average Bonchev–Trinajstić information content (AvgIpc) is 3.07. The van der Waals surface area contributed by atoms with Gasteiger partial charge < -0.3 is 14.8 Å². The van der Waals surface area contributed by atoms with Crippen molar-refractivity contribution in [3.8, 4) is 0 Å². The van der Waals surface area contributed by atoms with Crippen LogP contribution in [-0.4, -0.2) is 60.9 Å². The van der Waals surface area contributed by atoms with Crippen LogP contribution in [0.1, 0.15) is 18.9 Å². The zero-order chi connectivity index (χ0) is 17.2. The molecule has 1 unspecified atom stereocenters. The molecular weight excluding hydrogens is 320 g/mol. The largest absolute Gasteiger partial charge is 0.431 e. The first kappa shape index (κ1) is 16.1. The summed E-state index contributed by atoms with van der Waals surface area (Å²) in [6.07, 6.45) is 0.131. The molecule has 0 aliphatic carbocycles. The summed E-state index contributed by atoms with van der Waals surface area (Å²) < 4.78 is 11.2. The van der Waals surface area contributed by atoms with Crippen molar-refractivity contribution in [1.29, 1.82) is 0 Å². The first-order valence-electron chi connectivity index (χ1n) is 8.63. The second-order valence-corrected chi connectivity index (χ2v) is 6.34. The summed E-state index contributed by atoms with van der Waals surface area (Å²) in [6, 6.07) is 9.62. The molecule has 3 heterocycles. The number of carbonyl (C=O) groups excluding carboxylic acids is 1. The predicted molar refractivity (Wildman–Crippen MR) is 92.4 cm³/mol. The average molecular weight is 342 g/mol. The highest BCUT2D eigenvalue weighted by Gasteiger charge is 2.39. The van der Waals surface area contributed by atoms with Crippen molar-refractivity contribution in [1.82, 2.24) is 15.2 Å². The topological polar surface area (TPSA) is 66.4 Å². The van der Waals surface area contributed by atoms with Gasteiger partial charge in [-0.1, -0.05) is 18.2 Å². The molecule has 4 rings (SSSR count). The van der Waals surface area contributed by atoms with Gasteiger partial charge in [-0.05, 0) is 25.5 Å². The standard InChI is InChI=1S/C18H22N4O3/c1-13-15(7-8-21-9-11-24-12-10-21)17(23)22-18(19-13)25-16(20-22)14-5-3-2-4-6-14/h2-6,18-19H,7-12H2,1H3. The number of allylic oxidation sites excluding steroid dienone is 1. The number of nitrogens with one attached hydrogen (secondary N) is 1.